The van der Waals surface area contributed by atoms with E-state index in [-0.39, 0.29) is 5.91 Å². The topological polar surface area (TPSA) is 72.3 Å². The number of rotatable bonds is 8. The number of aryl methyl sites for hydroxylation is 1. The van der Waals surface area contributed by atoms with Crippen LogP contribution in [0.2, 0.25) is 0 Å². The minimum absolute atomic E-state index is 0.0228. The molecule has 1 aliphatic heterocycles. The fourth-order valence-corrected chi connectivity index (χ4v) is 4.42. The van der Waals surface area contributed by atoms with Crippen molar-refractivity contribution in [2.75, 3.05) is 45.1 Å². The average molecular weight is 396 g/mol. The lowest BCUT2D eigenvalue weighted by atomic mass is 10.3. The van der Waals surface area contributed by atoms with E-state index in [1.807, 2.05) is 30.7 Å². The van der Waals surface area contributed by atoms with Gasteiger partial charge in [-0.1, -0.05) is 11.8 Å². The molecule has 3 heterocycles. The Labute approximate surface area is 162 Å². The van der Waals surface area contributed by atoms with Crippen LogP contribution < -0.4 is 5.32 Å². The molecule has 0 spiro atoms. The lowest BCUT2D eigenvalue weighted by Gasteiger charge is -2.26. The lowest BCUT2D eigenvalue weighted by Crippen LogP contribution is -2.37. The van der Waals surface area contributed by atoms with Gasteiger partial charge in [0.2, 0.25) is 0 Å². The van der Waals surface area contributed by atoms with Crippen molar-refractivity contribution in [1.29, 1.82) is 0 Å². The SMILES string of the molecule is Cc1ccc(C(=O)NCCc2nnc(SCCN3CCOCC3)n2C)s1. The molecule has 3 rings (SSSR count). The fourth-order valence-electron chi connectivity index (χ4n) is 2.71. The highest BCUT2D eigenvalue weighted by Crippen LogP contribution is 2.17. The Bertz CT molecular complexity index is 725. The van der Waals surface area contributed by atoms with Crippen molar-refractivity contribution in [3.63, 3.8) is 0 Å². The number of thiophene rings is 1. The van der Waals surface area contributed by atoms with Crippen molar-refractivity contribution in [3.8, 4) is 0 Å². The number of carbonyl (C=O) groups excluding carboxylic acids is 1. The molecule has 0 unspecified atom stereocenters. The quantitative estimate of drug-likeness (QED) is 0.685. The molecular formula is C17H25N5O2S2. The maximum absolute atomic E-state index is 12.1. The first kappa shape index (κ1) is 19.3. The third-order valence-electron chi connectivity index (χ3n) is 4.27. The molecule has 0 aromatic carbocycles. The Morgan fingerprint density at radius 2 is 2.15 bits per heavy atom. The number of amides is 1. The van der Waals surface area contributed by atoms with Crippen LogP contribution in [0.1, 0.15) is 20.4 Å². The zero-order chi connectivity index (χ0) is 18.4. The molecule has 0 aliphatic carbocycles. The van der Waals surface area contributed by atoms with E-state index in [0.717, 1.165) is 59.3 Å². The van der Waals surface area contributed by atoms with Crippen molar-refractivity contribution in [2.24, 2.45) is 7.05 Å². The smallest absolute Gasteiger partial charge is 0.261 e. The standard InChI is InChI=1S/C17H25N5O2S2/c1-13-3-4-14(26-13)16(23)18-6-5-15-19-20-17(21(15)2)25-12-9-22-7-10-24-11-8-22/h3-4H,5-12H2,1-2H3,(H,18,23). The van der Waals surface area contributed by atoms with Crippen molar-refractivity contribution in [1.82, 2.24) is 25.0 Å². The molecule has 1 saturated heterocycles. The van der Waals surface area contributed by atoms with E-state index < -0.39 is 0 Å². The van der Waals surface area contributed by atoms with Crippen LogP contribution in [0.15, 0.2) is 17.3 Å². The Kier molecular flexibility index (Phi) is 7.07. The molecule has 9 heteroatoms. The molecule has 1 fully saturated rings. The van der Waals surface area contributed by atoms with Crippen LogP contribution in [0, 0.1) is 6.92 Å². The Balaban J connectivity index is 1.41. The predicted molar refractivity (Wildman–Crippen MR) is 104 cm³/mol. The largest absolute Gasteiger partial charge is 0.379 e. The normalized spacial score (nSPS) is 15.3. The fraction of sp³-hybridized carbons (Fsp3) is 0.588. The first-order valence-electron chi connectivity index (χ1n) is 8.79. The van der Waals surface area contributed by atoms with E-state index in [1.54, 1.807) is 11.8 Å². The van der Waals surface area contributed by atoms with Gasteiger partial charge in [-0.2, -0.15) is 0 Å². The number of aromatic nitrogens is 3. The van der Waals surface area contributed by atoms with Gasteiger partial charge in [0.05, 0.1) is 18.1 Å². The van der Waals surface area contributed by atoms with Crippen LogP contribution in [0.25, 0.3) is 0 Å². The summed E-state index contributed by atoms with van der Waals surface area (Å²) in [5.74, 6) is 1.85. The zero-order valence-electron chi connectivity index (χ0n) is 15.2. The monoisotopic (exact) mass is 395 g/mol. The number of carbonyl (C=O) groups is 1. The highest BCUT2D eigenvalue weighted by molar-refractivity contribution is 7.99. The molecule has 1 aliphatic rings. The molecule has 1 N–H and O–H groups in total. The summed E-state index contributed by atoms with van der Waals surface area (Å²) in [4.78, 5) is 16.4. The number of ether oxygens (including phenoxy) is 1. The van der Waals surface area contributed by atoms with Gasteiger partial charge in [-0.3, -0.25) is 9.69 Å². The minimum Gasteiger partial charge on any atom is -0.379 e. The first-order valence-corrected chi connectivity index (χ1v) is 10.6. The van der Waals surface area contributed by atoms with Crippen molar-refractivity contribution >= 4 is 29.0 Å². The van der Waals surface area contributed by atoms with E-state index >= 15 is 0 Å². The second kappa shape index (κ2) is 9.50. The van der Waals surface area contributed by atoms with Gasteiger partial charge in [-0.25, -0.2) is 0 Å². The molecular weight excluding hydrogens is 370 g/mol. The molecule has 2 aromatic heterocycles. The van der Waals surface area contributed by atoms with Crippen LogP contribution in [-0.4, -0.2) is 70.7 Å². The third-order valence-corrected chi connectivity index (χ3v) is 6.27. The van der Waals surface area contributed by atoms with Crippen LogP contribution in [0.3, 0.4) is 0 Å². The summed E-state index contributed by atoms with van der Waals surface area (Å²) in [5, 5.41) is 12.4. The summed E-state index contributed by atoms with van der Waals surface area (Å²) in [5.41, 5.74) is 0. The lowest BCUT2D eigenvalue weighted by molar-refractivity contribution is 0.0410. The number of nitrogens with one attached hydrogen (secondary N) is 1. The van der Waals surface area contributed by atoms with E-state index in [1.165, 1.54) is 11.3 Å². The molecule has 0 saturated carbocycles. The van der Waals surface area contributed by atoms with E-state index in [4.69, 9.17) is 4.74 Å². The summed E-state index contributed by atoms with van der Waals surface area (Å²) >= 11 is 3.23. The Morgan fingerprint density at radius 3 is 2.88 bits per heavy atom. The summed E-state index contributed by atoms with van der Waals surface area (Å²) in [6.45, 7) is 7.26. The summed E-state index contributed by atoms with van der Waals surface area (Å²) < 4.78 is 7.39. The minimum atomic E-state index is -0.0228. The first-order chi connectivity index (χ1) is 12.6. The third kappa shape index (κ3) is 5.29. The number of morpholine rings is 1. The number of hydrogen-bond donors (Lipinski definition) is 1. The maximum atomic E-state index is 12.1. The van der Waals surface area contributed by atoms with Crippen LogP contribution >= 0.6 is 23.1 Å². The molecule has 26 heavy (non-hydrogen) atoms. The Morgan fingerprint density at radius 1 is 1.35 bits per heavy atom. The van der Waals surface area contributed by atoms with Gasteiger partial charge in [0.15, 0.2) is 5.16 Å². The van der Waals surface area contributed by atoms with Crippen LogP contribution in [0.5, 0.6) is 0 Å². The molecule has 142 valence electrons. The molecule has 7 nitrogen and oxygen atoms in total. The number of hydrogen-bond acceptors (Lipinski definition) is 7. The van der Waals surface area contributed by atoms with Gasteiger partial charge >= 0.3 is 0 Å². The number of thioether (sulfide) groups is 1. The Hall–Kier alpha value is -1.42. The van der Waals surface area contributed by atoms with Gasteiger partial charge in [-0.05, 0) is 19.1 Å². The van der Waals surface area contributed by atoms with Gasteiger partial charge in [0.25, 0.3) is 5.91 Å². The van der Waals surface area contributed by atoms with Crippen molar-refractivity contribution in [2.45, 2.75) is 18.5 Å². The molecule has 0 bridgehead atoms. The van der Waals surface area contributed by atoms with Gasteiger partial charge in [0.1, 0.15) is 5.82 Å². The second-order valence-corrected chi connectivity index (χ2v) is 8.53. The maximum Gasteiger partial charge on any atom is 0.261 e. The summed E-state index contributed by atoms with van der Waals surface area (Å²) in [6.07, 6.45) is 0.670. The summed E-state index contributed by atoms with van der Waals surface area (Å²) in [6, 6.07) is 3.82. The number of nitrogens with zero attached hydrogens (tertiary/aromatic N) is 4. The van der Waals surface area contributed by atoms with Crippen LogP contribution in [-0.2, 0) is 18.2 Å². The van der Waals surface area contributed by atoms with Gasteiger partial charge in [0, 0.05) is 50.3 Å². The van der Waals surface area contributed by atoms with Crippen molar-refractivity contribution < 1.29 is 9.53 Å². The van der Waals surface area contributed by atoms with E-state index in [0.29, 0.717) is 13.0 Å². The molecule has 1 amide bonds. The highest BCUT2D eigenvalue weighted by Gasteiger charge is 2.13. The zero-order valence-corrected chi connectivity index (χ0v) is 16.9. The highest BCUT2D eigenvalue weighted by atomic mass is 32.2. The van der Waals surface area contributed by atoms with E-state index in [2.05, 4.69) is 20.4 Å². The van der Waals surface area contributed by atoms with Gasteiger partial charge in [-0.15, -0.1) is 21.5 Å². The predicted octanol–water partition coefficient (Wildman–Crippen LogP) is 1.58. The van der Waals surface area contributed by atoms with E-state index in [9.17, 15) is 4.79 Å². The van der Waals surface area contributed by atoms with Crippen molar-refractivity contribution in [3.05, 3.63) is 27.7 Å². The van der Waals surface area contributed by atoms with Crippen LogP contribution in [0.4, 0.5) is 0 Å². The second-order valence-electron chi connectivity index (χ2n) is 6.18. The molecule has 0 atom stereocenters. The molecule has 0 radical (unpaired) electrons. The van der Waals surface area contributed by atoms with Gasteiger partial charge < -0.3 is 14.6 Å². The summed E-state index contributed by atoms with van der Waals surface area (Å²) in [7, 11) is 1.98. The average Bonchev–Trinajstić information content (AvgIpc) is 3.23. The molecule has 2 aromatic rings.